The molecule has 134 valence electrons. The van der Waals surface area contributed by atoms with E-state index in [4.69, 9.17) is 0 Å². The summed E-state index contributed by atoms with van der Waals surface area (Å²) in [5.74, 6) is 0.443. The Labute approximate surface area is 147 Å². The molecule has 3 rings (SSSR count). The summed E-state index contributed by atoms with van der Waals surface area (Å²) in [7, 11) is 2.15. The third-order valence-electron chi connectivity index (χ3n) is 4.34. The molecular formula is C17H25N7O. The summed E-state index contributed by atoms with van der Waals surface area (Å²) in [6.45, 7) is 6.24. The zero-order valence-corrected chi connectivity index (χ0v) is 14.6. The first-order valence-corrected chi connectivity index (χ1v) is 8.71. The number of piperazine rings is 1. The van der Waals surface area contributed by atoms with Crippen molar-refractivity contribution in [1.29, 1.82) is 0 Å². The summed E-state index contributed by atoms with van der Waals surface area (Å²) in [6, 6.07) is 9.61. The molecule has 1 N–H and O–H groups in total. The van der Waals surface area contributed by atoms with Crippen LogP contribution in [0.4, 0.5) is 0 Å². The number of amides is 1. The van der Waals surface area contributed by atoms with Gasteiger partial charge in [-0.3, -0.25) is 4.79 Å². The summed E-state index contributed by atoms with van der Waals surface area (Å²) in [5.41, 5.74) is 0.890. The van der Waals surface area contributed by atoms with E-state index in [9.17, 15) is 4.79 Å². The average molecular weight is 343 g/mol. The molecule has 1 saturated heterocycles. The van der Waals surface area contributed by atoms with E-state index in [1.807, 2.05) is 30.3 Å². The Morgan fingerprint density at radius 2 is 1.92 bits per heavy atom. The lowest BCUT2D eigenvalue weighted by Crippen LogP contribution is -2.45. The molecule has 8 heteroatoms. The van der Waals surface area contributed by atoms with Gasteiger partial charge in [-0.2, -0.15) is 4.80 Å². The van der Waals surface area contributed by atoms with Crippen LogP contribution in [0.15, 0.2) is 30.3 Å². The molecule has 25 heavy (non-hydrogen) atoms. The van der Waals surface area contributed by atoms with Crippen LogP contribution >= 0.6 is 0 Å². The second kappa shape index (κ2) is 8.68. The monoisotopic (exact) mass is 343 g/mol. The number of tetrazole rings is 1. The summed E-state index contributed by atoms with van der Waals surface area (Å²) >= 11 is 0. The Bertz CT molecular complexity index is 665. The second-order valence-electron chi connectivity index (χ2n) is 6.36. The fourth-order valence-corrected chi connectivity index (χ4v) is 2.80. The smallest absolute Gasteiger partial charge is 0.243 e. The molecule has 1 aliphatic rings. The Hall–Kier alpha value is -2.32. The van der Waals surface area contributed by atoms with Gasteiger partial charge in [-0.1, -0.05) is 30.3 Å². The number of carbonyl (C=O) groups excluding carboxylic acids is 1. The van der Waals surface area contributed by atoms with Crippen LogP contribution in [0.2, 0.25) is 0 Å². The van der Waals surface area contributed by atoms with E-state index >= 15 is 0 Å². The normalized spacial score (nSPS) is 16.0. The van der Waals surface area contributed by atoms with Gasteiger partial charge in [0.15, 0.2) is 0 Å². The first-order chi connectivity index (χ1) is 12.2. The van der Waals surface area contributed by atoms with Crippen LogP contribution in [0.25, 0.3) is 11.4 Å². The molecule has 1 amide bonds. The van der Waals surface area contributed by atoms with Gasteiger partial charge in [0.25, 0.3) is 0 Å². The Morgan fingerprint density at radius 3 is 2.68 bits per heavy atom. The van der Waals surface area contributed by atoms with E-state index < -0.39 is 0 Å². The maximum Gasteiger partial charge on any atom is 0.243 e. The molecule has 8 nitrogen and oxygen atoms in total. The molecule has 0 radical (unpaired) electrons. The van der Waals surface area contributed by atoms with Crippen molar-refractivity contribution in [1.82, 2.24) is 35.3 Å². The van der Waals surface area contributed by atoms with Crippen LogP contribution in [0.3, 0.4) is 0 Å². The van der Waals surface area contributed by atoms with Crippen molar-refractivity contribution in [3.63, 3.8) is 0 Å². The second-order valence-corrected chi connectivity index (χ2v) is 6.36. The molecule has 0 spiro atoms. The predicted molar refractivity (Wildman–Crippen MR) is 94.8 cm³/mol. The molecule has 0 atom stereocenters. The van der Waals surface area contributed by atoms with Crippen molar-refractivity contribution in [2.75, 3.05) is 46.3 Å². The van der Waals surface area contributed by atoms with Crippen LogP contribution < -0.4 is 5.32 Å². The van der Waals surface area contributed by atoms with Crippen LogP contribution in [-0.4, -0.2) is 82.2 Å². The topological polar surface area (TPSA) is 79.2 Å². The number of rotatable bonds is 7. The van der Waals surface area contributed by atoms with Gasteiger partial charge in [0.2, 0.25) is 11.7 Å². The van der Waals surface area contributed by atoms with E-state index in [0.717, 1.165) is 44.7 Å². The zero-order valence-electron chi connectivity index (χ0n) is 14.6. The predicted octanol–water partition coefficient (Wildman–Crippen LogP) is 0.0938. The van der Waals surface area contributed by atoms with Crippen molar-refractivity contribution in [2.45, 2.75) is 13.0 Å². The van der Waals surface area contributed by atoms with Crippen LogP contribution in [0, 0.1) is 0 Å². The van der Waals surface area contributed by atoms with Crippen molar-refractivity contribution in [3.05, 3.63) is 30.3 Å². The van der Waals surface area contributed by atoms with Gasteiger partial charge in [-0.05, 0) is 25.2 Å². The lowest BCUT2D eigenvalue weighted by atomic mass is 10.2. The molecule has 1 aromatic carbocycles. The Kier molecular flexibility index (Phi) is 6.08. The molecular weight excluding hydrogens is 318 g/mol. The van der Waals surface area contributed by atoms with E-state index in [1.165, 1.54) is 4.80 Å². The number of benzene rings is 1. The number of nitrogens with one attached hydrogen (secondary N) is 1. The lowest BCUT2D eigenvalue weighted by Gasteiger charge is -2.32. The van der Waals surface area contributed by atoms with Crippen LogP contribution in [-0.2, 0) is 11.3 Å². The molecule has 1 aliphatic heterocycles. The van der Waals surface area contributed by atoms with Crippen LogP contribution in [0.5, 0.6) is 0 Å². The van der Waals surface area contributed by atoms with E-state index in [0.29, 0.717) is 12.4 Å². The fourth-order valence-electron chi connectivity index (χ4n) is 2.80. The minimum atomic E-state index is -0.0876. The summed E-state index contributed by atoms with van der Waals surface area (Å²) in [4.78, 5) is 18.1. The molecule has 1 fully saturated rings. The Morgan fingerprint density at radius 1 is 1.16 bits per heavy atom. The average Bonchev–Trinajstić information content (AvgIpc) is 3.09. The van der Waals surface area contributed by atoms with E-state index in [-0.39, 0.29) is 12.5 Å². The number of hydrogen-bond acceptors (Lipinski definition) is 6. The lowest BCUT2D eigenvalue weighted by molar-refractivity contribution is -0.122. The third kappa shape index (κ3) is 5.33. The molecule has 0 unspecified atom stereocenters. The SMILES string of the molecule is CN1CCN(CCCNC(=O)Cn2nnc(-c3ccccc3)n2)CC1. The van der Waals surface area contributed by atoms with Crippen molar-refractivity contribution >= 4 is 5.91 Å². The number of nitrogens with zero attached hydrogens (tertiary/aromatic N) is 6. The molecule has 2 heterocycles. The fraction of sp³-hybridized carbons (Fsp3) is 0.529. The first-order valence-electron chi connectivity index (χ1n) is 8.71. The van der Waals surface area contributed by atoms with E-state index in [1.54, 1.807) is 0 Å². The number of aromatic nitrogens is 4. The quantitative estimate of drug-likeness (QED) is 0.718. The minimum Gasteiger partial charge on any atom is -0.354 e. The standard InChI is InChI=1S/C17H25N7O/c1-22-10-12-23(13-11-22)9-5-8-18-16(25)14-24-20-17(19-21-24)15-6-3-2-4-7-15/h2-4,6-7H,5,8-14H2,1H3,(H,18,25). The maximum atomic E-state index is 12.0. The largest absolute Gasteiger partial charge is 0.354 e. The van der Waals surface area contributed by atoms with Gasteiger partial charge in [-0.25, -0.2) is 0 Å². The van der Waals surface area contributed by atoms with Gasteiger partial charge in [0.1, 0.15) is 6.54 Å². The van der Waals surface area contributed by atoms with Crippen molar-refractivity contribution < 1.29 is 4.79 Å². The highest BCUT2D eigenvalue weighted by Gasteiger charge is 2.13. The van der Waals surface area contributed by atoms with E-state index in [2.05, 4.69) is 37.6 Å². The summed E-state index contributed by atoms with van der Waals surface area (Å²) < 4.78 is 0. The van der Waals surface area contributed by atoms with Crippen molar-refractivity contribution in [2.24, 2.45) is 0 Å². The van der Waals surface area contributed by atoms with Gasteiger partial charge < -0.3 is 15.1 Å². The summed E-state index contributed by atoms with van der Waals surface area (Å²) in [6.07, 6.45) is 0.954. The van der Waals surface area contributed by atoms with Gasteiger partial charge >= 0.3 is 0 Å². The number of hydrogen-bond donors (Lipinski definition) is 1. The highest BCUT2D eigenvalue weighted by Crippen LogP contribution is 2.11. The highest BCUT2D eigenvalue weighted by molar-refractivity contribution is 5.75. The minimum absolute atomic E-state index is 0.0876. The van der Waals surface area contributed by atoms with Gasteiger partial charge in [0, 0.05) is 38.3 Å². The van der Waals surface area contributed by atoms with Crippen LogP contribution in [0.1, 0.15) is 6.42 Å². The highest BCUT2D eigenvalue weighted by atomic mass is 16.2. The third-order valence-corrected chi connectivity index (χ3v) is 4.34. The number of carbonyl (C=O) groups is 1. The van der Waals surface area contributed by atoms with Gasteiger partial charge in [0.05, 0.1) is 0 Å². The number of likely N-dealkylation sites (N-methyl/N-ethyl adjacent to an activating group) is 1. The first kappa shape index (κ1) is 17.5. The maximum absolute atomic E-state index is 12.0. The zero-order chi connectivity index (χ0) is 17.5. The Balaban J connectivity index is 1.36. The molecule has 1 aromatic heterocycles. The summed E-state index contributed by atoms with van der Waals surface area (Å²) in [5, 5.41) is 15.1. The molecule has 2 aromatic rings. The van der Waals surface area contributed by atoms with Gasteiger partial charge in [-0.15, -0.1) is 10.2 Å². The van der Waals surface area contributed by atoms with Crippen molar-refractivity contribution in [3.8, 4) is 11.4 Å². The molecule has 0 saturated carbocycles. The molecule has 0 bridgehead atoms. The molecule has 0 aliphatic carbocycles.